The number of hydrogen-bond acceptors (Lipinski definition) is 7. The molecule has 0 atom stereocenters. The Labute approximate surface area is 159 Å². The van der Waals surface area contributed by atoms with E-state index in [1.807, 2.05) is 38.1 Å². The Bertz CT molecular complexity index is 1060. The number of thioether (sulfide) groups is 1. The van der Waals surface area contributed by atoms with Crippen molar-refractivity contribution < 1.29 is 4.92 Å². The summed E-state index contributed by atoms with van der Waals surface area (Å²) >= 11 is 1.17. The van der Waals surface area contributed by atoms with Crippen LogP contribution in [0, 0.1) is 35.3 Å². The van der Waals surface area contributed by atoms with Gasteiger partial charge in [-0.1, -0.05) is 18.2 Å². The summed E-state index contributed by atoms with van der Waals surface area (Å²) in [4.78, 5) is 11.1. The lowest BCUT2D eigenvalue weighted by Gasteiger charge is -2.08. The molecule has 0 N–H and O–H groups in total. The predicted octanol–water partition coefficient (Wildman–Crippen LogP) is 3.84. The third-order valence-corrected chi connectivity index (χ3v) is 4.64. The van der Waals surface area contributed by atoms with Gasteiger partial charge in [0.15, 0.2) is 0 Å². The maximum absolute atomic E-state index is 11.0. The molecule has 0 spiro atoms. The molecule has 0 saturated carbocycles. The van der Waals surface area contributed by atoms with Gasteiger partial charge < -0.3 is 0 Å². The van der Waals surface area contributed by atoms with E-state index in [1.54, 1.807) is 16.8 Å². The highest BCUT2D eigenvalue weighted by Crippen LogP contribution is 2.35. The minimum absolute atomic E-state index is 0.0501. The number of tetrazole rings is 1. The van der Waals surface area contributed by atoms with E-state index >= 15 is 0 Å². The minimum Gasteiger partial charge on any atom is -0.258 e. The maximum Gasteiger partial charge on any atom is 0.270 e. The number of non-ortho nitro benzene ring substituents is 1. The summed E-state index contributed by atoms with van der Waals surface area (Å²) in [5, 5.41) is 32.4. The largest absolute Gasteiger partial charge is 0.270 e. The Hall–Kier alpha value is -3.51. The molecular formula is C18H14N6O2S. The molecular weight excluding hydrogens is 364 g/mol. The van der Waals surface area contributed by atoms with Gasteiger partial charge in [-0.15, -0.1) is 5.10 Å². The van der Waals surface area contributed by atoms with Crippen LogP contribution in [-0.4, -0.2) is 25.1 Å². The highest BCUT2D eigenvalue weighted by Gasteiger charge is 2.15. The van der Waals surface area contributed by atoms with E-state index in [4.69, 9.17) is 5.26 Å². The lowest BCUT2D eigenvalue weighted by Crippen LogP contribution is -2.00. The number of aryl methyl sites for hydroxylation is 2. The Morgan fingerprint density at radius 3 is 2.67 bits per heavy atom. The minimum atomic E-state index is -0.474. The highest BCUT2D eigenvalue weighted by atomic mass is 32.2. The van der Waals surface area contributed by atoms with Crippen molar-refractivity contribution >= 4 is 22.4 Å². The fourth-order valence-corrected chi connectivity index (χ4v) is 3.44. The highest BCUT2D eigenvalue weighted by molar-refractivity contribution is 8.08. The number of rotatable bonds is 5. The molecule has 0 bridgehead atoms. The number of hydrogen-bond donors (Lipinski definition) is 0. The van der Waals surface area contributed by atoms with Gasteiger partial charge in [-0.2, -0.15) is 9.94 Å². The van der Waals surface area contributed by atoms with E-state index in [0.717, 1.165) is 16.8 Å². The van der Waals surface area contributed by atoms with Crippen molar-refractivity contribution in [1.29, 1.82) is 5.26 Å². The van der Waals surface area contributed by atoms with E-state index in [1.165, 1.54) is 30.0 Å². The van der Waals surface area contributed by atoms with Gasteiger partial charge in [0, 0.05) is 23.1 Å². The third-order valence-electron chi connectivity index (χ3n) is 3.63. The van der Waals surface area contributed by atoms with Crippen molar-refractivity contribution in [2.75, 3.05) is 0 Å². The molecule has 27 heavy (non-hydrogen) atoms. The summed E-state index contributed by atoms with van der Waals surface area (Å²) in [5.41, 5.74) is 3.44. The molecule has 3 aromatic rings. The second-order valence-electron chi connectivity index (χ2n) is 5.77. The van der Waals surface area contributed by atoms with Crippen molar-refractivity contribution in [1.82, 2.24) is 20.2 Å². The van der Waals surface area contributed by atoms with Crippen LogP contribution in [0.3, 0.4) is 0 Å². The molecule has 0 aliphatic carbocycles. The van der Waals surface area contributed by atoms with Gasteiger partial charge in [-0.25, -0.2) is 0 Å². The Morgan fingerprint density at radius 1 is 1.26 bits per heavy atom. The first kappa shape index (κ1) is 18.3. The second-order valence-corrected chi connectivity index (χ2v) is 6.78. The lowest BCUT2D eigenvalue weighted by molar-refractivity contribution is -0.384. The van der Waals surface area contributed by atoms with Crippen LogP contribution in [0.5, 0.6) is 0 Å². The summed E-state index contributed by atoms with van der Waals surface area (Å²) in [6.45, 7) is 3.97. The van der Waals surface area contributed by atoms with Crippen molar-refractivity contribution in [2.45, 2.75) is 19.0 Å². The molecule has 0 saturated heterocycles. The Morgan fingerprint density at radius 2 is 2.00 bits per heavy atom. The zero-order valence-electron chi connectivity index (χ0n) is 14.5. The molecule has 2 aromatic carbocycles. The maximum atomic E-state index is 11.0. The molecule has 1 aromatic heterocycles. The average Bonchev–Trinajstić information content (AvgIpc) is 3.09. The van der Waals surface area contributed by atoms with E-state index in [2.05, 4.69) is 15.5 Å². The zero-order valence-corrected chi connectivity index (χ0v) is 15.3. The third kappa shape index (κ3) is 4.19. The predicted molar refractivity (Wildman–Crippen MR) is 101 cm³/mol. The number of nitriles is 1. The number of benzene rings is 2. The van der Waals surface area contributed by atoms with Crippen LogP contribution in [0.1, 0.15) is 16.7 Å². The number of allylic oxidation sites excluding steroid dienone is 1. The molecule has 3 rings (SSSR count). The van der Waals surface area contributed by atoms with Crippen LogP contribution < -0.4 is 0 Å². The van der Waals surface area contributed by atoms with E-state index < -0.39 is 4.92 Å². The van der Waals surface area contributed by atoms with Crippen molar-refractivity contribution in [2.24, 2.45) is 0 Å². The smallest absolute Gasteiger partial charge is 0.258 e. The number of nitro benzene ring substituents is 1. The van der Waals surface area contributed by atoms with E-state index in [0.29, 0.717) is 15.6 Å². The molecule has 134 valence electrons. The zero-order chi connectivity index (χ0) is 19.4. The number of nitro groups is 1. The molecule has 8 nitrogen and oxygen atoms in total. The monoisotopic (exact) mass is 378 g/mol. The van der Waals surface area contributed by atoms with Gasteiger partial charge in [-0.3, -0.25) is 10.1 Å². The molecule has 0 amide bonds. The SMILES string of the molecule is Cc1cc(C)cc(-n2nnnc2S/C(=C\C#N)c2cccc([N+](=O)[O-])c2)c1. The van der Waals surface area contributed by atoms with Gasteiger partial charge in [0.25, 0.3) is 5.69 Å². The van der Waals surface area contributed by atoms with Crippen LogP contribution in [-0.2, 0) is 0 Å². The summed E-state index contributed by atoms with van der Waals surface area (Å²) in [5.74, 6) is 0. The van der Waals surface area contributed by atoms with Crippen molar-refractivity contribution in [3.8, 4) is 11.8 Å². The van der Waals surface area contributed by atoms with Crippen LogP contribution in [0.25, 0.3) is 10.6 Å². The number of nitrogens with zero attached hydrogens (tertiary/aromatic N) is 6. The second kappa shape index (κ2) is 7.80. The first-order valence-electron chi connectivity index (χ1n) is 7.87. The van der Waals surface area contributed by atoms with Gasteiger partial charge in [0.2, 0.25) is 5.16 Å². The van der Waals surface area contributed by atoms with Crippen molar-refractivity contribution in [3.05, 3.63) is 75.3 Å². The summed E-state index contributed by atoms with van der Waals surface area (Å²) in [6.07, 6.45) is 1.32. The lowest BCUT2D eigenvalue weighted by atomic mass is 10.1. The molecule has 0 fully saturated rings. The topological polar surface area (TPSA) is 111 Å². The van der Waals surface area contributed by atoms with Gasteiger partial charge in [0.05, 0.1) is 16.7 Å². The van der Waals surface area contributed by atoms with Crippen LogP contribution >= 0.6 is 11.8 Å². The fourth-order valence-electron chi connectivity index (χ4n) is 2.58. The molecule has 0 unspecified atom stereocenters. The van der Waals surface area contributed by atoms with Gasteiger partial charge in [-0.05, 0) is 64.9 Å². The first-order valence-corrected chi connectivity index (χ1v) is 8.69. The standard InChI is InChI=1S/C18H14N6O2S/c1-12-8-13(2)10-16(9-12)23-18(20-21-22-23)27-17(6-7-19)14-4-3-5-15(11-14)24(25)26/h3-6,8-11H,1-2H3/b17-6-. The quantitative estimate of drug-likeness (QED) is 0.287. The molecule has 9 heteroatoms. The van der Waals surface area contributed by atoms with Crippen molar-refractivity contribution in [3.63, 3.8) is 0 Å². The molecule has 1 heterocycles. The summed E-state index contributed by atoms with van der Waals surface area (Å²) < 4.78 is 1.58. The first-order chi connectivity index (χ1) is 13.0. The van der Waals surface area contributed by atoms with Gasteiger partial charge in [0.1, 0.15) is 0 Å². The normalized spacial score (nSPS) is 11.2. The molecule has 0 aliphatic rings. The number of aromatic nitrogens is 4. The van der Waals surface area contributed by atoms with E-state index in [9.17, 15) is 10.1 Å². The van der Waals surface area contributed by atoms with Crippen LogP contribution in [0.15, 0.2) is 53.7 Å². The van der Waals surface area contributed by atoms with Gasteiger partial charge >= 0.3 is 0 Å². The molecule has 0 aliphatic heterocycles. The summed E-state index contributed by atoms with van der Waals surface area (Å²) in [7, 11) is 0. The summed E-state index contributed by atoms with van der Waals surface area (Å²) in [6, 6.07) is 14.0. The fraction of sp³-hybridized carbons (Fsp3) is 0.111. The van der Waals surface area contributed by atoms with Crippen LogP contribution in [0.4, 0.5) is 5.69 Å². The average molecular weight is 378 g/mol. The van der Waals surface area contributed by atoms with E-state index in [-0.39, 0.29) is 5.69 Å². The van der Waals surface area contributed by atoms with Crippen LogP contribution in [0.2, 0.25) is 0 Å². The Kier molecular flexibility index (Phi) is 5.28. The Balaban J connectivity index is 1.99. The molecule has 0 radical (unpaired) electrons.